The maximum atomic E-state index is 14.8. The lowest BCUT2D eigenvalue weighted by Gasteiger charge is -2.37. The standard InChI is InChI=1S/C47H59N7O8S/c1-9-53-35-16-15-28-21-31(35)32(40(53)30-13-11-18-48-38(30)27(4)59-7)22-47(5,6)25-62-46(58)33-14-12-19-54(51-33)45(57)39(41(61-10-2)43-49-34(28)24-63-43)50-42(55)36-26(3)37(36)44(56)52-20-17-29(23-52)60-8/h11,13,15-18,21,24,26-27,33,36-37,39,41,51H,9-10,12,14,19-20,22-23,25H2,1-8H3,(H,50,55)/t26-,27+,33+,36-,37-,39+,41+/m1/s1. The van der Waals surface area contributed by atoms with E-state index in [1.54, 1.807) is 25.3 Å². The lowest BCUT2D eigenvalue weighted by atomic mass is 9.84. The van der Waals surface area contributed by atoms with Gasteiger partial charge in [0.15, 0.2) is 0 Å². The van der Waals surface area contributed by atoms with E-state index < -0.39 is 53.2 Å². The Hall–Kier alpha value is -5.16. The highest BCUT2D eigenvalue weighted by Crippen LogP contribution is 2.48. The predicted octanol–water partition coefficient (Wildman–Crippen LogP) is 5.99. The number of rotatable bonds is 10. The van der Waals surface area contributed by atoms with E-state index in [0.717, 1.165) is 39.0 Å². The first-order valence-electron chi connectivity index (χ1n) is 22.1. The third kappa shape index (κ3) is 8.62. The van der Waals surface area contributed by atoms with Crippen LogP contribution in [0.5, 0.6) is 0 Å². The fraction of sp³-hybridized carbons (Fsp3) is 0.532. The molecule has 6 bridgehead atoms. The van der Waals surface area contributed by atoms with Gasteiger partial charge in [0.2, 0.25) is 11.8 Å². The third-order valence-corrected chi connectivity index (χ3v) is 13.9. The van der Waals surface area contributed by atoms with Crippen LogP contribution in [-0.2, 0) is 51.1 Å². The monoisotopic (exact) mass is 881 g/mol. The number of pyridine rings is 1. The molecule has 0 radical (unpaired) electrons. The van der Waals surface area contributed by atoms with Crippen molar-refractivity contribution in [2.24, 2.45) is 23.2 Å². The van der Waals surface area contributed by atoms with Crippen molar-refractivity contribution in [1.29, 1.82) is 0 Å². The molecule has 0 unspecified atom stereocenters. The molecule has 15 nitrogen and oxygen atoms in total. The third-order valence-electron chi connectivity index (χ3n) is 13.0. The maximum absolute atomic E-state index is 14.8. The Balaban J connectivity index is 1.21. The molecule has 16 heteroatoms. The van der Waals surface area contributed by atoms with E-state index in [0.29, 0.717) is 61.9 Å². The summed E-state index contributed by atoms with van der Waals surface area (Å²) < 4.78 is 26.0. The van der Waals surface area contributed by atoms with Crippen molar-refractivity contribution < 1.29 is 38.1 Å². The summed E-state index contributed by atoms with van der Waals surface area (Å²) in [5, 5.41) is 7.94. The molecular formula is C47H59N7O8S. The Kier molecular flexibility index (Phi) is 12.8. The van der Waals surface area contributed by atoms with Gasteiger partial charge in [0.1, 0.15) is 29.0 Å². The molecule has 336 valence electrons. The largest absolute Gasteiger partial charge is 0.499 e. The number of nitrogens with one attached hydrogen (secondary N) is 2. The average Bonchev–Trinajstić information content (AvgIpc) is 3.68. The minimum atomic E-state index is -1.23. The Morgan fingerprint density at radius 3 is 2.68 bits per heavy atom. The molecule has 3 amide bonds. The number of nitrogens with zero attached hydrogens (tertiary/aromatic N) is 5. The number of hydrogen-bond donors (Lipinski definition) is 2. The molecule has 8 rings (SSSR count). The second-order valence-electron chi connectivity index (χ2n) is 17.8. The first-order valence-corrected chi connectivity index (χ1v) is 22.9. The molecule has 1 aromatic carbocycles. The van der Waals surface area contributed by atoms with Gasteiger partial charge in [0, 0.05) is 72.4 Å². The fourth-order valence-corrected chi connectivity index (χ4v) is 10.4. The lowest BCUT2D eigenvalue weighted by molar-refractivity contribution is -0.156. The molecule has 1 saturated carbocycles. The van der Waals surface area contributed by atoms with Gasteiger partial charge in [-0.25, -0.2) is 10.4 Å². The SMILES string of the molecule is CCO[C@@H]1c2nc(cs2)-c2ccc3c(c2)c(c(-c2cccnc2[C@H](C)OC)n3CC)CC(C)(C)COC(=O)[C@@H]2CCCN(N2)C(=O)[C@H]1NC(=O)[C@@H]1[C@@H](C)[C@H]1C(=O)N1CC=C(OC)C1. The van der Waals surface area contributed by atoms with Crippen molar-refractivity contribution in [2.75, 3.05) is 47.1 Å². The lowest BCUT2D eigenvalue weighted by Crippen LogP contribution is -2.61. The average molecular weight is 882 g/mol. The number of benzene rings is 1. The number of aryl methyl sites for hydroxylation is 1. The number of carbonyl (C=O) groups is 4. The van der Waals surface area contributed by atoms with Crippen LogP contribution < -0.4 is 10.7 Å². The summed E-state index contributed by atoms with van der Waals surface area (Å²) in [5.74, 6) is -2.17. The molecule has 3 aliphatic heterocycles. The van der Waals surface area contributed by atoms with Crippen LogP contribution in [0.2, 0.25) is 0 Å². The van der Waals surface area contributed by atoms with Crippen molar-refractivity contribution in [3.8, 4) is 22.5 Å². The number of hydrazine groups is 1. The minimum absolute atomic E-state index is 0.123. The number of aromatic nitrogens is 3. The molecule has 2 fully saturated rings. The van der Waals surface area contributed by atoms with Crippen LogP contribution >= 0.6 is 11.3 Å². The number of ether oxygens (including phenoxy) is 4. The van der Waals surface area contributed by atoms with Crippen LogP contribution in [0.3, 0.4) is 0 Å². The second-order valence-corrected chi connectivity index (χ2v) is 18.7. The van der Waals surface area contributed by atoms with Crippen LogP contribution in [0.15, 0.2) is 53.7 Å². The van der Waals surface area contributed by atoms with Crippen LogP contribution in [0.1, 0.15) is 82.9 Å². The van der Waals surface area contributed by atoms with Crippen molar-refractivity contribution in [2.45, 2.75) is 91.6 Å². The maximum Gasteiger partial charge on any atom is 0.324 e. The van der Waals surface area contributed by atoms with E-state index in [-0.39, 0.29) is 31.1 Å². The highest BCUT2D eigenvalue weighted by molar-refractivity contribution is 7.10. The van der Waals surface area contributed by atoms with E-state index in [2.05, 4.69) is 60.3 Å². The molecule has 2 N–H and O–H groups in total. The van der Waals surface area contributed by atoms with E-state index in [1.165, 1.54) is 16.3 Å². The van der Waals surface area contributed by atoms with E-state index in [9.17, 15) is 19.2 Å². The molecule has 3 aromatic heterocycles. The molecule has 0 spiro atoms. The van der Waals surface area contributed by atoms with Gasteiger partial charge in [-0.3, -0.25) is 29.2 Å². The first kappa shape index (κ1) is 44.4. The molecular weight excluding hydrogens is 823 g/mol. The summed E-state index contributed by atoms with van der Waals surface area (Å²) in [4.78, 5) is 68.2. The molecule has 7 atom stereocenters. The summed E-state index contributed by atoms with van der Waals surface area (Å²) in [6, 6.07) is 8.36. The zero-order valence-electron chi connectivity index (χ0n) is 37.4. The van der Waals surface area contributed by atoms with Gasteiger partial charge in [-0.15, -0.1) is 11.3 Å². The van der Waals surface area contributed by atoms with Crippen molar-refractivity contribution >= 4 is 45.9 Å². The predicted molar refractivity (Wildman–Crippen MR) is 238 cm³/mol. The Bertz CT molecular complexity index is 2430. The number of fused-ring (bicyclic) bond motifs is 6. The van der Waals surface area contributed by atoms with Crippen LogP contribution in [0.25, 0.3) is 33.4 Å². The van der Waals surface area contributed by atoms with E-state index >= 15 is 0 Å². The molecule has 63 heavy (non-hydrogen) atoms. The normalized spacial score (nSPS) is 25.3. The van der Waals surface area contributed by atoms with Crippen LogP contribution in [-0.4, -0.2) is 107 Å². The van der Waals surface area contributed by atoms with E-state index in [1.807, 2.05) is 38.3 Å². The van der Waals surface area contributed by atoms with Gasteiger partial charge in [-0.1, -0.05) is 26.8 Å². The second kappa shape index (κ2) is 18.1. The number of carbonyl (C=O) groups excluding carboxylic acids is 4. The Labute approximate surface area is 372 Å². The van der Waals surface area contributed by atoms with Gasteiger partial charge in [-0.2, -0.15) is 0 Å². The quantitative estimate of drug-likeness (QED) is 0.180. The molecule has 1 saturated heterocycles. The number of cyclic esters (lactones) is 1. The highest BCUT2D eigenvalue weighted by Gasteiger charge is 2.58. The number of hydrogen-bond acceptors (Lipinski definition) is 12. The van der Waals surface area contributed by atoms with Crippen LogP contribution in [0.4, 0.5) is 0 Å². The number of methoxy groups -OCH3 is 2. The van der Waals surface area contributed by atoms with Gasteiger partial charge in [0.05, 0.1) is 55.3 Å². The Morgan fingerprint density at radius 2 is 1.95 bits per heavy atom. The van der Waals surface area contributed by atoms with Crippen molar-refractivity contribution in [3.05, 3.63) is 70.0 Å². The summed E-state index contributed by atoms with van der Waals surface area (Å²) in [7, 11) is 3.26. The van der Waals surface area contributed by atoms with Gasteiger partial charge in [-0.05, 0) is 81.9 Å². The molecule has 1 aliphatic carbocycles. The Morgan fingerprint density at radius 1 is 1.14 bits per heavy atom. The molecule has 4 aliphatic rings. The fourth-order valence-electron chi connectivity index (χ4n) is 9.49. The summed E-state index contributed by atoms with van der Waals surface area (Å²) in [5.41, 5.74) is 9.19. The van der Waals surface area contributed by atoms with Gasteiger partial charge < -0.3 is 33.7 Å². The minimum Gasteiger partial charge on any atom is -0.499 e. The van der Waals surface area contributed by atoms with Gasteiger partial charge >= 0.3 is 5.97 Å². The first-order chi connectivity index (χ1) is 30.3. The zero-order chi connectivity index (χ0) is 44.7. The van der Waals surface area contributed by atoms with Crippen molar-refractivity contribution in [3.63, 3.8) is 0 Å². The van der Waals surface area contributed by atoms with E-state index in [4.69, 9.17) is 28.9 Å². The number of thiazole rings is 1. The summed E-state index contributed by atoms with van der Waals surface area (Å²) in [6.45, 7) is 14.1. The molecule has 4 aromatic rings. The smallest absolute Gasteiger partial charge is 0.324 e. The molecule has 6 heterocycles. The zero-order valence-corrected chi connectivity index (χ0v) is 38.3. The number of amides is 3. The van der Waals surface area contributed by atoms with Crippen LogP contribution in [0, 0.1) is 23.2 Å². The van der Waals surface area contributed by atoms with Crippen molar-refractivity contribution in [1.82, 2.24) is 35.2 Å². The number of esters is 1. The van der Waals surface area contributed by atoms with Gasteiger partial charge in [0.25, 0.3) is 5.91 Å². The topological polar surface area (TPSA) is 166 Å². The summed E-state index contributed by atoms with van der Waals surface area (Å²) >= 11 is 1.35. The highest BCUT2D eigenvalue weighted by atomic mass is 32.1. The summed E-state index contributed by atoms with van der Waals surface area (Å²) in [6.07, 6.45) is 3.98.